The van der Waals surface area contributed by atoms with Gasteiger partial charge in [0.25, 0.3) is 5.56 Å². The Morgan fingerprint density at radius 3 is 3.00 bits per heavy atom. The van der Waals surface area contributed by atoms with E-state index < -0.39 is 0 Å². The van der Waals surface area contributed by atoms with Crippen molar-refractivity contribution in [1.29, 1.82) is 0 Å². The van der Waals surface area contributed by atoms with Crippen LogP contribution in [0.3, 0.4) is 0 Å². The predicted molar refractivity (Wildman–Crippen MR) is 109 cm³/mol. The summed E-state index contributed by atoms with van der Waals surface area (Å²) in [5, 5.41) is 9.31. The molecule has 0 spiro atoms. The number of rotatable bonds is 6. The second-order valence-corrected chi connectivity index (χ2v) is 8.55. The monoisotopic (exact) mass is 383 g/mol. The molecule has 0 N–H and O–H groups in total. The highest BCUT2D eigenvalue weighted by Crippen LogP contribution is 2.35. The molecule has 0 amide bonds. The number of aryl methyl sites for hydroxylation is 3. The third kappa shape index (κ3) is 3.76. The first-order chi connectivity index (χ1) is 13.1. The summed E-state index contributed by atoms with van der Waals surface area (Å²) >= 11 is 1.65. The first kappa shape index (κ1) is 18.2. The Bertz CT molecular complexity index is 1010. The molecule has 0 aliphatic heterocycles. The lowest BCUT2D eigenvalue weighted by atomic mass is 9.89. The summed E-state index contributed by atoms with van der Waals surface area (Å²) in [6.07, 6.45) is 4.92. The van der Waals surface area contributed by atoms with E-state index in [4.69, 9.17) is 4.74 Å². The van der Waals surface area contributed by atoms with Crippen molar-refractivity contribution in [2.24, 2.45) is 5.92 Å². The summed E-state index contributed by atoms with van der Waals surface area (Å²) in [4.78, 5) is 15.0. The number of thiophene rings is 1. The lowest BCUT2D eigenvalue weighted by Gasteiger charge is -2.17. The molecule has 1 aromatic carbocycles. The van der Waals surface area contributed by atoms with Crippen molar-refractivity contribution in [2.45, 2.75) is 52.5 Å². The number of hydrogen-bond donors (Lipinski definition) is 0. The van der Waals surface area contributed by atoms with E-state index >= 15 is 0 Å². The Hall–Kier alpha value is -2.21. The summed E-state index contributed by atoms with van der Waals surface area (Å²) < 4.78 is 7.35. The van der Waals surface area contributed by atoms with Crippen LogP contribution < -0.4 is 10.3 Å². The Morgan fingerprint density at radius 1 is 1.30 bits per heavy atom. The van der Waals surface area contributed by atoms with Gasteiger partial charge in [0.15, 0.2) is 4.83 Å². The maximum absolute atomic E-state index is 12.9. The third-order valence-electron chi connectivity index (χ3n) is 5.30. The Balaban J connectivity index is 1.40. The van der Waals surface area contributed by atoms with Gasteiger partial charge in [0.1, 0.15) is 5.75 Å². The summed E-state index contributed by atoms with van der Waals surface area (Å²) in [6.45, 7) is 5.54. The molecule has 0 radical (unpaired) electrons. The zero-order valence-corrected chi connectivity index (χ0v) is 16.7. The fourth-order valence-corrected chi connectivity index (χ4v) is 5.02. The van der Waals surface area contributed by atoms with Gasteiger partial charge < -0.3 is 4.74 Å². The van der Waals surface area contributed by atoms with Crippen LogP contribution >= 0.6 is 11.3 Å². The van der Waals surface area contributed by atoms with Crippen molar-refractivity contribution >= 4 is 21.6 Å². The quantitative estimate of drug-likeness (QED) is 0.600. The van der Waals surface area contributed by atoms with Gasteiger partial charge in [-0.1, -0.05) is 30.3 Å². The van der Waals surface area contributed by atoms with Crippen LogP contribution in [0.15, 0.2) is 29.1 Å². The fourth-order valence-electron chi connectivity index (χ4n) is 3.70. The van der Waals surface area contributed by atoms with Crippen LogP contribution in [0.4, 0.5) is 0 Å². The minimum Gasteiger partial charge on any atom is -0.493 e. The molecule has 0 saturated carbocycles. The Kier molecular flexibility index (Phi) is 5.25. The molecule has 2 aromatic heterocycles. The van der Waals surface area contributed by atoms with E-state index in [0.717, 1.165) is 53.6 Å². The van der Waals surface area contributed by atoms with Crippen molar-refractivity contribution in [2.75, 3.05) is 6.61 Å². The lowest BCUT2D eigenvalue weighted by Crippen LogP contribution is -2.25. The van der Waals surface area contributed by atoms with E-state index in [9.17, 15) is 4.79 Å². The standard InChI is InChI=1S/C21H25N3O2S/c1-14-9-10-16-18(13-14)27-20-19(16)21(25)24(23-22-20)11-5-6-12-26-17-8-4-3-7-15(17)2/h3-4,7-8,14H,5-6,9-13H2,1-2H3. The SMILES string of the molecule is Cc1ccccc1OCCCCn1nnc2sc3c(c2c1=O)CCC(C)C3. The number of unbranched alkanes of at least 4 members (excludes halogenated alkanes) is 1. The number of hydrogen-bond acceptors (Lipinski definition) is 5. The molecule has 6 heteroatoms. The zero-order valence-electron chi connectivity index (χ0n) is 15.9. The molecule has 1 unspecified atom stereocenters. The first-order valence-electron chi connectivity index (χ1n) is 9.70. The van der Waals surface area contributed by atoms with Gasteiger partial charge in [0.2, 0.25) is 0 Å². The summed E-state index contributed by atoms with van der Waals surface area (Å²) in [5.41, 5.74) is 2.39. The summed E-state index contributed by atoms with van der Waals surface area (Å²) in [5.74, 6) is 1.61. The van der Waals surface area contributed by atoms with E-state index in [2.05, 4.69) is 17.2 Å². The van der Waals surface area contributed by atoms with Crippen LogP contribution in [0.5, 0.6) is 5.75 Å². The van der Waals surface area contributed by atoms with E-state index in [1.165, 1.54) is 15.1 Å². The maximum Gasteiger partial charge on any atom is 0.278 e. The molecule has 3 aromatic rings. The van der Waals surface area contributed by atoms with E-state index in [1.807, 2.05) is 31.2 Å². The Labute approximate surface area is 163 Å². The molecule has 142 valence electrons. The third-order valence-corrected chi connectivity index (χ3v) is 6.44. The highest BCUT2D eigenvalue weighted by Gasteiger charge is 2.23. The van der Waals surface area contributed by atoms with E-state index in [-0.39, 0.29) is 5.56 Å². The molecule has 0 bridgehead atoms. The molecule has 4 rings (SSSR count). The van der Waals surface area contributed by atoms with Crippen LogP contribution in [-0.2, 0) is 19.4 Å². The number of para-hydroxylation sites is 1. The highest BCUT2D eigenvalue weighted by atomic mass is 32.1. The average Bonchev–Trinajstić information content (AvgIpc) is 3.02. The molecular formula is C21H25N3O2S. The second-order valence-electron chi connectivity index (χ2n) is 7.47. The van der Waals surface area contributed by atoms with Gasteiger partial charge in [-0.2, -0.15) is 0 Å². The van der Waals surface area contributed by atoms with Crippen LogP contribution in [0.1, 0.15) is 42.2 Å². The smallest absolute Gasteiger partial charge is 0.278 e. The summed E-state index contributed by atoms with van der Waals surface area (Å²) in [6, 6.07) is 8.02. The molecule has 1 atom stereocenters. The minimum absolute atomic E-state index is 0.0203. The van der Waals surface area contributed by atoms with Crippen molar-refractivity contribution in [3.63, 3.8) is 0 Å². The van der Waals surface area contributed by atoms with Gasteiger partial charge in [-0.15, -0.1) is 16.4 Å². The van der Waals surface area contributed by atoms with E-state index in [0.29, 0.717) is 19.1 Å². The van der Waals surface area contributed by atoms with Crippen molar-refractivity contribution in [3.8, 4) is 5.75 Å². The highest BCUT2D eigenvalue weighted by molar-refractivity contribution is 7.18. The fraction of sp³-hybridized carbons (Fsp3) is 0.476. The van der Waals surface area contributed by atoms with Gasteiger partial charge in [-0.3, -0.25) is 4.79 Å². The van der Waals surface area contributed by atoms with Crippen molar-refractivity contribution < 1.29 is 4.74 Å². The average molecular weight is 384 g/mol. The Morgan fingerprint density at radius 2 is 2.15 bits per heavy atom. The molecule has 2 heterocycles. The van der Waals surface area contributed by atoms with Crippen molar-refractivity contribution in [3.05, 3.63) is 50.6 Å². The molecule has 0 fully saturated rings. The normalized spacial score (nSPS) is 16.4. The van der Waals surface area contributed by atoms with Crippen LogP contribution in [-0.4, -0.2) is 21.6 Å². The number of ether oxygens (including phenoxy) is 1. The van der Waals surface area contributed by atoms with Gasteiger partial charge in [-0.05, 0) is 62.1 Å². The molecule has 27 heavy (non-hydrogen) atoms. The number of benzene rings is 1. The van der Waals surface area contributed by atoms with Crippen molar-refractivity contribution in [1.82, 2.24) is 15.0 Å². The molecule has 1 aliphatic rings. The molecule has 5 nitrogen and oxygen atoms in total. The zero-order chi connectivity index (χ0) is 18.8. The largest absolute Gasteiger partial charge is 0.493 e. The lowest BCUT2D eigenvalue weighted by molar-refractivity contribution is 0.299. The minimum atomic E-state index is 0.0203. The van der Waals surface area contributed by atoms with E-state index in [1.54, 1.807) is 11.3 Å². The number of nitrogens with zero attached hydrogens (tertiary/aromatic N) is 3. The number of aromatic nitrogens is 3. The molecular weight excluding hydrogens is 358 g/mol. The van der Waals surface area contributed by atoms with Crippen LogP contribution in [0, 0.1) is 12.8 Å². The van der Waals surface area contributed by atoms with Gasteiger partial charge >= 0.3 is 0 Å². The van der Waals surface area contributed by atoms with Crippen LogP contribution in [0.2, 0.25) is 0 Å². The van der Waals surface area contributed by atoms with Crippen LogP contribution in [0.25, 0.3) is 10.2 Å². The second kappa shape index (κ2) is 7.80. The number of fused-ring (bicyclic) bond motifs is 3. The molecule has 1 aliphatic carbocycles. The first-order valence-corrected chi connectivity index (χ1v) is 10.5. The predicted octanol–water partition coefficient (Wildman–Crippen LogP) is 4.15. The maximum atomic E-state index is 12.9. The summed E-state index contributed by atoms with van der Waals surface area (Å²) in [7, 11) is 0. The van der Waals surface area contributed by atoms with Gasteiger partial charge in [-0.25, -0.2) is 4.68 Å². The topological polar surface area (TPSA) is 57.0 Å². The molecule has 0 saturated heterocycles. The van der Waals surface area contributed by atoms with Gasteiger partial charge in [0.05, 0.1) is 12.0 Å². The van der Waals surface area contributed by atoms with Gasteiger partial charge in [0, 0.05) is 11.4 Å².